The standard InChI is InChI=1S/C10H10ClF2NO2/c1-5-3-6(9(12)13)8(10(15)16-2)7(4-11)14-5/h3,9H,4H2,1-2H3. The minimum absolute atomic E-state index is 0.115. The second-order valence-electron chi connectivity index (χ2n) is 3.10. The van der Waals surface area contributed by atoms with Crippen LogP contribution in [0.4, 0.5) is 8.78 Å². The van der Waals surface area contributed by atoms with E-state index in [-0.39, 0.29) is 17.1 Å². The van der Waals surface area contributed by atoms with Gasteiger partial charge in [0.15, 0.2) is 0 Å². The number of methoxy groups -OCH3 is 1. The molecule has 0 aliphatic carbocycles. The molecule has 0 unspecified atom stereocenters. The van der Waals surface area contributed by atoms with Gasteiger partial charge in [0.2, 0.25) is 0 Å². The van der Waals surface area contributed by atoms with E-state index in [1.165, 1.54) is 0 Å². The molecule has 0 atom stereocenters. The van der Waals surface area contributed by atoms with Gasteiger partial charge in [0.25, 0.3) is 6.43 Å². The van der Waals surface area contributed by atoms with Crippen LogP contribution in [0.25, 0.3) is 0 Å². The van der Waals surface area contributed by atoms with Crippen molar-refractivity contribution >= 4 is 17.6 Å². The van der Waals surface area contributed by atoms with Crippen LogP contribution in [0.3, 0.4) is 0 Å². The third-order valence-electron chi connectivity index (χ3n) is 2.00. The van der Waals surface area contributed by atoms with Crippen LogP contribution in [0.2, 0.25) is 0 Å². The summed E-state index contributed by atoms with van der Waals surface area (Å²) in [5.74, 6) is -0.968. The zero-order chi connectivity index (χ0) is 12.3. The Morgan fingerprint density at radius 3 is 2.69 bits per heavy atom. The van der Waals surface area contributed by atoms with Crippen molar-refractivity contribution in [2.75, 3.05) is 7.11 Å². The Balaban J connectivity index is 3.45. The smallest absolute Gasteiger partial charge is 0.340 e. The van der Waals surface area contributed by atoms with Crippen molar-refractivity contribution in [3.05, 3.63) is 28.6 Å². The largest absolute Gasteiger partial charge is 0.465 e. The Morgan fingerprint density at radius 1 is 1.62 bits per heavy atom. The zero-order valence-electron chi connectivity index (χ0n) is 8.76. The van der Waals surface area contributed by atoms with Gasteiger partial charge in [0.1, 0.15) is 0 Å². The van der Waals surface area contributed by atoms with E-state index in [2.05, 4.69) is 9.72 Å². The molecule has 1 aromatic heterocycles. The van der Waals surface area contributed by atoms with Gasteiger partial charge in [0.05, 0.1) is 24.2 Å². The monoisotopic (exact) mass is 249 g/mol. The Morgan fingerprint density at radius 2 is 2.25 bits per heavy atom. The Kier molecular flexibility index (Phi) is 4.18. The van der Waals surface area contributed by atoms with Crippen molar-refractivity contribution in [2.45, 2.75) is 19.2 Å². The van der Waals surface area contributed by atoms with Gasteiger partial charge in [-0.2, -0.15) is 0 Å². The van der Waals surface area contributed by atoms with Crippen LogP contribution in [0, 0.1) is 6.92 Å². The quantitative estimate of drug-likeness (QED) is 0.611. The molecule has 16 heavy (non-hydrogen) atoms. The third kappa shape index (κ3) is 2.47. The summed E-state index contributed by atoms with van der Waals surface area (Å²) in [6, 6.07) is 1.16. The first-order valence-electron chi connectivity index (χ1n) is 4.44. The number of hydrogen-bond donors (Lipinski definition) is 0. The number of carbonyl (C=O) groups is 1. The SMILES string of the molecule is COC(=O)c1c(C(F)F)cc(C)nc1CCl. The fraction of sp³-hybridized carbons (Fsp3) is 0.400. The highest BCUT2D eigenvalue weighted by Crippen LogP contribution is 2.27. The summed E-state index contributed by atoms with van der Waals surface area (Å²) < 4.78 is 29.9. The topological polar surface area (TPSA) is 39.2 Å². The molecule has 88 valence electrons. The number of pyridine rings is 1. The molecule has 0 amide bonds. The molecule has 3 nitrogen and oxygen atoms in total. The van der Waals surface area contributed by atoms with Gasteiger partial charge in [-0.05, 0) is 13.0 Å². The minimum Gasteiger partial charge on any atom is -0.465 e. The van der Waals surface area contributed by atoms with E-state index >= 15 is 0 Å². The van der Waals surface area contributed by atoms with Crippen molar-refractivity contribution in [1.29, 1.82) is 0 Å². The molecule has 0 aromatic carbocycles. The first kappa shape index (κ1) is 12.8. The number of ether oxygens (including phenoxy) is 1. The lowest BCUT2D eigenvalue weighted by Gasteiger charge is -2.11. The van der Waals surface area contributed by atoms with Crippen LogP contribution in [-0.2, 0) is 10.6 Å². The maximum absolute atomic E-state index is 12.7. The number of rotatable bonds is 3. The summed E-state index contributed by atoms with van der Waals surface area (Å²) in [6.07, 6.45) is -2.77. The average Bonchev–Trinajstić information content (AvgIpc) is 2.26. The number of hydrogen-bond acceptors (Lipinski definition) is 3. The number of aryl methyl sites for hydroxylation is 1. The highest BCUT2D eigenvalue weighted by atomic mass is 35.5. The molecule has 0 bridgehead atoms. The predicted molar refractivity (Wildman–Crippen MR) is 54.8 cm³/mol. The van der Waals surface area contributed by atoms with Gasteiger partial charge < -0.3 is 4.74 Å². The zero-order valence-corrected chi connectivity index (χ0v) is 9.52. The van der Waals surface area contributed by atoms with E-state index in [9.17, 15) is 13.6 Å². The maximum Gasteiger partial charge on any atom is 0.340 e. The van der Waals surface area contributed by atoms with Crippen LogP contribution in [0.15, 0.2) is 6.07 Å². The van der Waals surface area contributed by atoms with Gasteiger partial charge in [-0.3, -0.25) is 4.98 Å². The lowest BCUT2D eigenvalue weighted by Crippen LogP contribution is -2.12. The second kappa shape index (κ2) is 5.21. The lowest BCUT2D eigenvalue weighted by molar-refractivity contribution is 0.0587. The van der Waals surface area contributed by atoms with Gasteiger partial charge in [-0.25, -0.2) is 13.6 Å². The summed E-state index contributed by atoms with van der Waals surface area (Å²) in [5.41, 5.74) is -0.129. The fourth-order valence-electron chi connectivity index (χ4n) is 1.37. The highest BCUT2D eigenvalue weighted by molar-refractivity contribution is 6.17. The Labute approximate surface area is 96.4 Å². The molecule has 0 aliphatic heterocycles. The van der Waals surface area contributed by atoms with Crippen molar-refractivity contribution in [1.82, 2.24) is 4.98 Å². The van der Waals surface area contributed by atoms with Crippen molar-refractivity contribution in [3.8, 4) is 0 Å². The van der Waals surface area contributed by atoms with Crippen molar-refractivity contribution < 1.29 is 18.3 Å². The number of nitrogens with zero attached hydrogens (tertiary/aromatic N) is 1. The highest BCUT2D eigenvalue weighted by Gasteiger charge is 2.23. The van der Waals surface area contributed by atoms with E-state index in [1.807, 2.05) is 0 Å². The molecular formula is C10H10ClF2NO2. The van der Waals surface area contributed by atoms with E-state index in [0.717, 1.165) is 13.2 Å². The molecule has 0 saturated heterocycles. The number of aromatic nitrogens is 1. The first-order valence-corrected chi connectivity index (χ1v) is 4.97. The fourth-order valence-corrected chi connectivity index (χ4v) is 1.56. The van der Waals surface area contributed by atoms with Gasteiger partial charge in [-0.15, -0.1) is 11.6 Å². The molecule has 0 N–H and O–H groups in total. The number of halogens is 3. The summed E-state index contributed by atoms with van der Waals surface area (Å²) in [7, 11) is 1.12. The summed E-state index contributed by atoms with van der Waals surface area (Å²) in [6.45, 7) is 1.56. The molecule has 0 saturated carbocycles. The van der Waals surface area contributed by atoms with Crippen LogP contribution < -0.4 is 0 Å². The van der Waals surface area contributed by atoms with E-state index in [4.69, 9.17) is 11.6 Å². The molecule has 6 heteroatoms. The van der Waals surface area contributed by atoms with Crippen molar-refractivity contribution in [2.24, 2.45) is 0 Å². The first-order chi connectivity index (χ1) is 7.51. The lowest BCUT2D eigenvalue weighted by atomic mass is 10.1. The molecule has 1 heterocycles. The van der Waals surface area contributed by atoms with Gasteiger partial charge in [-0.1, -0.05) is 0 Å². The number of alkyl halides is 3. The number of carbonyl (C=O) groups excluding carboxylic acids is 1. The van der Waals surface area contributed by atoms with Gasteiger partial charge in [0, 0.05) is 11.3 Å². The Bertz CT molecular complexity index is 410. The molecule has 0 spiro atoms. The Hall–Kier alpha value is -1.23. The molecule has 0 fully saturated rings. The van der Waals surface area contributed by atoms with Gasteiger partial charge >= 0.3 is 5.97 Å². The van der Waals surface area contributed by atoms with Crippen molar-refractivity contribution in [3.63, 3.8) is 0 Å². The maximum atomic E-state index is 12.7. The van der Waals surface area contributed by atoms with Crippen LogP contribution in [-0.4, -0.2) is 18.1 Å². The van der Waals surface area contributed by atoms with E-state index in [0.29, 0.717) is 5.69 Å². The molecular weight excluding hydrogens is 240 g/mol. The summed E-state index contributed by atoms with van der Waals surface area (Å²) in [4.78, 5) is 15.3. The predicted octanol–water partition coefficient (Wildman–Crippen LogP) is 2.85. The van der Waals surface area contributed by atoms with Crippen LogP contribution in [0.1, 0.15) is 33.7 Å². The van der Waals surface area contributed by atoms with E-state index in [1.54, 1.807) is 6.92 Å². The number of esters is 1. The van der Waals surface area contributed by atoms with E-state index < -0.39 is 18.0 Å². The van der Waals surface area contributed by atoms with Crippen LogP contribution >= 0.6 is 11.6 Å². The summed E-state index contributed by atoms with van der Waals surface area (Å²) in [5, 5.41) is 0. The molecule has 0 aliphatic rings. The van der Waals surface area contributed by atoms with Crippen LogP contribution in [0.5, 0.6) is 0 Å². The molecule has 1 aromatic rings. The third-order valence-corrected chi connectivity index (χ3v) is 2.26. The average molecular weight is 250 g/mol. The molecule has 0 radical (unpaired) electrons. The second-order valence-corrected chi connectivity index (χ2v) is 3.37. The molecule has 1 rings (SSSR count). The summed E-state index contributed by atoms with van der Waals surface area (Å²) >= 11 is 5.57. The normalized spacial score (nSPS) is 10.6. The minimum atomic E-state index is -2.77.